The van der Waals surface area contributed by atoms with Crippen LogP contribution in [0.2, 0.25) is 0 Å². The molecular formula is C28H42N8. The predicted molar refractivity (Wildman–Crippen MR) is 147 cm³/mol. The third kappa shape index (κ3) is 6.86. The van der Waals surface area contributed by atoms with Crippen LogP contribution < -0.4 is 26.2 Å². The number of hydrogen-bond acceptors (Lipinski definition) is 8. The number of rotatable bonds is 11. The molecule has 0 amide bonds. The molecule has 4 rings (SSSR count). The van der Waals surface area contributed by atoms with Gasteiger partial charge >= 0.3 is 0 Å². The van der Waals surface area contributed by atoms with Gasteiger partial charge < -0.3 is 26.2 Å². The molecule has 1 saturated carbocycles. The molecular weight excluding hydrogens is 448 g/mol. The van der Waals surface area contributed by atoms with Crippen LogP contribution in [0.15, 0.2) is 24.3 Å². The van der Waals surface area contributed by atoms with Gasteiger partial charge in [0.05, 0.1) is 18.2 Å². The number of nitrogens with one attached hydrogen (secondary N) is 2. The van der Waals surface area contributed by atoms with Crippen LogP contribution >= 0.6 is 0 Å². The third-order valence-corrected chi connectivity index (χ3v) is 7.46. The lowest BCUT2D eigenvalue weighted by Gasteiger charge is -2.31. The second-order valence-electron chi connectivity index (χ2n) is 10.3. The van der Waals surface area contributed by atoms with Crippen molar-refractivity contribution < 1.29 is 0 Å². The average Bonchev–Trinajstić information content (AvgIpc) is 2.91. The fourth-order valence-corrected chi connectivity index (χ4v) is 5.47. The maximum absolute atomic E-state index is 9.09. The molecule has 0 bridgehead atoms. The van der Waals surface area contributed by atoms with E-state index in [1.165, 1.54) is 24.1 Å². The number of nitrogens with two attached hydrogens (primary N) is 1. The van der Waals surface area contributed by atoms with Crippen molar-refractivity contribution in [1.29, 1.82) is 5.26 Å². The Labute approximate surface area is 216 Å². The highest BCUT2D eigenvalue weighted by Crippen LogP contribution is 2.29. The van der Waals surface area contributed by atoms with E-state index < -0.39 is 0 Å². The zero-order valence-electron chi connectivity index (χ0n) is 22.0. The Morgan fingerprint density at radius 3 is 2.58 bits per heavy atom. The van der Waals surface area contributed by atoms with Crippen molar-refractivity contribution in [2.45, 2.75) is 76.4 Å². The number of hydrogen-bond donors (Lipinski definition) is 3. The SMILES string of the molecule is CN(C)c1nc(NC2CCC(NCCN(CCC#N)c3cccc(CN)c3)CC2)nc2c1CCCC2. The van der Waals surface area contributed by atoms with Crippen LogP contribution in [0.3, 0.4) is 0 Å². The molecule has 0 unspecified atom stereocenters. The molecule has 1 fully saturated rings. The van der Waals surface area contributed by atoms with Gasteiger partial charge in [0.25, 0.3) is 0 Å². The van der Waals surface area contributed by atoms with E-state index in [1.54, 1.807) is 0 Å². The van der Waals surface area contributed by atoms with Gasteiger partial charge in [-0.3, -0.25) is 0 Å². The summed E-state index contributed by atoms with van der Waals surface area (Å²) in [4.78, 5) is 14.2. The lowest BCUT2D eigenvalue weighted by molar-refractivity contribution is 0.355. The maximum atomic E-state index is 9.09. The minimum absolute atomic E-state index is 0.422. The van der Waals surface area contributed by atoms with Gasteiger partial charge in [-0.15, -0.1) is 0 Å². The first kappa shape index (κ1) is 26.2. The Balaban J connectivity index is 1.26. The Morgan fingerprint density at radius 1 is 1.06 bits per heavy atom. The summed E-state index contributed by atoms with van der Waals surface area (Å²) >= 11 is 0. The van der Waals surface area contributed by atoms with Crippen LogP contribution in [0.1, 0.15) is 61.8 Å². The summed E-state index contributed by atoms with van der Waals surface area (Å²) in [5, 5.41) is 16.5. The van der Waals surface area contributed by atoms with Crippen LogP contribution in [0, 0.1) is 11.3 Å². The first-order valence-corrected chi connectivity index (χ1v) is 13.5. The van der Waals surface area contributed by atoms with E-state index >= 15 is 0 Å². The van der Waals surface area contributed by atoms with Crippen molar-refractivity contribution in [2.24, 2.45) is 5.73 Å². The first-order chi connectivity index (χ1) is 17.6. The van der Waals surface area contributed by atoms with E-state index in [0.29, 0.717) is 25.0 Å². The maximum Gasteiger partial charge on any atom is 0.225 e. The van der Waals surface area contributed by atoms with Crippen LogP contribution in [0.4, 0.5) is 17.5 Å². The van der Waals surface area contributed by atoms with Gasteiger partial charge in [0.2, 0.25) is 5.95 Å². The molecule has 1 aromatic carbocycles. The van der Waals surface area contributed by atoms with Crippen molar-refractivity contribution in [1.82, 2.24) is 15.3 Å². The summed E-state index contributed by atoms with van der Waals surface area (Å²) in [5.74, 6) is 1.87. The van der Waals surface area contributed by atoms with E-state index in [1.807, 2.05) is 12.1 Å². The smallest absolute Gasteiger partial charge is 0.225 e. The molecule has 0 radical (unpaired) electrons. The molecule has 4 N–H and O–H groups in total. The summed E-state index contributed by atoms with van der Waals surface area (Å²) in [5.41, 5.74) is 10.7. The minimum atomic E-state index is 0.422. The number of nitrogens with zero attached hydrogens (tertiary/aromatic N) is 5. The quantitative estimate of drug-likeness (QED) is 0.439. The Morgan fingerprint density at radius 2 is 1.83 bits per heavy atom. The molecule has 0 aliphatic heterocycles. The molecule has 1 aromatic heterocycles. The van der Waals surface area contributed by atoms with E-state index in [-0.39, 0.29) is 0 Å². The minimum Gasteiger partial charge on any atom is -0.369 e. The summed E-state index contributed by atoms with van der Waals surface area (Å²) < 4.78 is 0. The van der Waals surface area contributed by atoms with Gasteiger partial charge in [-0.1, -0.05) is 12.1 Å². The summed E-state index contributed by atoms with van der Waals surface area (Å²) in [7, 11) is 4.16. The molecule has 8 heteroatoms. The summed E-state index contributed by atoms with van der Waals surface area (Å²) in [6, 6.07) is 11.6. The summed E-state index contributed by atoms with van der Waals surface area (Å²) in [6.45, 7) is 3.05. The zero-order chi connectivity index (χ0) is 25.3. The van der Waals surface area contributed by atoms with Gasteiger partial charge in [-0.05, 0) is 69.1 Å². The Hall–Kier alpha value is -2.89. The van der Waals surface area contributed by atoms with Gasteiger partial charge in [0, 0.05) is 63.6 Å². The number of aromatic nitrogens is 2. The normalized spacial score (nSPS) is 19.3. The molecule has 0 spiro atoms. The molecule has 0 atom stereocenters. The molecule has 8 nitrogen and oxygen atoms in total. The topological polar surface area (TPSA) is 106 Å². The van der Waals surface area contributed by atoms with Crippen LogP contribution in [-0.4, -0.2) is 55.8 Å². The number of benzene rings is 1. The monoisotopic (exact) mass is 490 g/mol. The van der Waals surface area contributed by atoms with Crippen molar-refractivity contribution in [3.63, 3.8) is 0 Å². The van der Waals surface area contributed by atoms with Crippen LogP contribution in [-0.2, 0) is 19.4 Å². The summed E-state index contributed by atoms with van der Waals surface area (Å²) in [6.07, 6.45) is 9.64. The molecule has 36 heavy (non-hydrogen) atoms. The molecule has 194 valence electrons. The highest BCUT2D eigenvalue weighted by molar-refractivity contribution is 5.53. The van der Waals surface area contributed by atoms with Gasteiger partial charge in [-0.25, -0.2) is 4.98 Å². The van der Waals surface area contributed by atoms with Crippen molar-refractivity contribution >= 4 is 17.5 Å². The lowest BCUT2D eigenvalue weighted by atomic mass is 9.91. The Bertz CT molecular complexity index is 1020. The lowest BCUT2D eigenvalue weighted by Crippen LogP contribution is -2.41. The van der Waals surface area contributed by atoms with E-state index in [9.17, 15) is 0 Å². The number of anilines is 3. The highest BCUT2D eigenvalue weighted by atomic mass is 15.2. The number of nitriles is 1. The molecule has 0 saturated heterocycles. The Kier molecular flexibility index (Phi) is 9.37. The van der Waals surface area contributed by atoms with Crippen LogP contribution in [0.5, 0.6) is 0 Å². The molecule has 1 heterocycles. The van der Waals surface area contributed by atoms with Gasteiger partial charge in [0.15, 0.2) is 0 Å². The van der Waals surface area contributed by atoms with Gasteiger partial charge in [0.1, 0.15) is 5.82 Å². The van der Waals surface area contributed by atoms with E-state index in [4.69, 9.17) is 21.0 Å². The largest absolute Gasteiger partial charge is 0.369 e. The second-order valence-corrected chi connectivity index (χ2v) is 10.3. The molecule has 2 aliphatic rings. The van der Waals surface area contributed by atoms with Crippen molar-refractivity contribution in [3.05, 3.63) is 41.1 Å². The standard InChI is InChI=1S/C28H42N8/c1-35(2)27-25-9-3-4-10-26(25)33-28(34-27)32-23-13-11-22(12-14-23)31-16-18-36(17-6-15-29)24-8-5-7-21(19-24)20-30/h5,7-8,19,22-23,31H,3-4,6,9-14,16-18,20,30H2,1-2H3,(H,32,33,34). The highest BCUT2D eigenvalue weighted by Gasteiger charge is 2.24. The third-order valence-electron chi connectivity index (χ3n) is 7.46. The van der Waals surface area contributed by atoms with Gasteiger partial charge in [-0.2, -0.15) is 10.2 Å². The predicted octanol–water partition coefficient (Wildman–Crippen LogP) is 3.61. The van der Waals surface area contributed by atoms with Crippen LogP contribution in [0.25, 0.3) is 0 Å². The molecule has 2 aliphatic carbocycles. The number of aryl methyl sites for hydroxylation is 1. The molecule has 2 aromatic rings. The van der Waals surface area contributed by atoms with E-state index in [2.05, 4.69) is 52.7 Å². The number of fused-ring (bicyclic) bond motifs is 1. The second kappa shape index (κ2) is 12.9. The van der Waals surface area contributed by atoms with E-state index in [0.717, 1.165) is 81.2 Å². The first-order valence-electron chi connectivity index (χ1n) is 13.5. The van der Waals surface area contributed by atoms with Crippen molar-refractivity contribution in [2.75, 3.05) is 48.8 Å². The van der Waals surface area contributed by atoms with Crippen molar-refractivity contribution in [3.8, 4) is 6.07 Å². The fraction of sp³-hybridized carbons (Fsp3) is 0.607. The average molecular weight is 491 g/mol. The fourth-order valence-electron chi connectivity index (χ4n) is 5.47. The zero-order valence-corrected chi connectivity index (χ0v) is 22.0.